The van der Waals surface area contributed by atoms with Gasteiger partial charge in [0.15, 0.2) is 0 Å². The fraction of sp³-hybridized carbons (Fsp3) is 0.464. The van der Waals surface area contributed by atoms with Crippen LogP contribution in [0.5, 0.6) is 0 Å². The zero-order chi connectivity index (χ0) is 42.0. The molecule has 1 aromatic heterocycles. The van der Waals surface area contributed by atoms with Gasteiger partial charge in [0.25, 0.3) is 6.71 Å². The van der Waals surface area contributed by atoms with E-state index in [0.717, 1.165) is 6.42 Å². The first-order valence-corrected chi connectivity index (χ1v) is 24.7. The van der Waals surface area contributed by atoms with Gasteiger partial charge in [-0.2, -0.15) is 0 Å². The summed E-state index contributed by atoms with van der Waals surface area (Å²) in [5.41, 5.74) is 21.1. The molecule has 4 aromatic carbocycles. The second-order valence-electron chi connectivity index (χ2n) is 23.5. The molecule has 0 bridgehead atoms. The third-order valence-electron chi connectivity index (χ3n) is 18.5. The molecule has 0 N–H and O–H groups in total. The molecule has 5 aromatic rings. The number of aromatic nitrogens is 1. The summed E-state index contributed by atoms with van der Waals surface area (Å²) in [5.74, 6) is 0.381. The number of hydrogen-bond donors (Lipinski definition) is 0. The van der Waals surface area contributed by atoms with Crippen molar-refractivity contribution >= 4 is 68.5 Å². The number of anilines is 4. The maximum Gasteiger partial charge on any atom is 0.252 e. The Kier molecular flexibility index (Phi) is 7.08. The highest BCUT2D eigenvalue weighted by atomic mass is 32.2. The Hall–Kier alpha value is -4.09. The molecule has 3 aliphatic carbocycles. The molecule has 3 nitrogen and oxygen atoms in total. The van der Waals surface area contributed by atoms with Gasteiger partial charge in [0, 0.05) is 66.7 Å². The molecule has 5 atom stereocenters. The van der Waals surface area contributed by atoms with E-state index in [2.05, 4.69) is 174 Å². The van der Waals surface area contributed by atoms with Crippen LogP contribution in [0.4, 0.5) is 22.7 Å². The number of hydrogen-bond acceptors (Lipinski definition) is 3. The highest BCUT2D eigenvalue weighted by molar-refractivity contribution is 8.03. The van der Waals surface area contributed by atoms with Crippen molar-refractivity contribution in [2.45, 2.75) is 171 Å². The van der Waals surface area contributed by atoms with Gasteiger partial charge in [-0.25, -0.2) is 0 Å². The molecule has 310 valence electrons. The maximum atomic E-state index is 2.98. The zero-order valence-corrected chi connectivity index (χ0v) is 39.1. The van der Waals surface area contributed by atoms with E-state index in [1.54, 1.807) is 22.1 Å². The Labute approximate surface area is 369 Å². The van der Waals surface area contributed by atoms with Crippen LogP contribution in [-0.2, 0) is 21.7 Å². The van der Waals surface area contributed by atoms with Crippen LogP contribution in [0.3, 0.4) is 0 Å². The number of fused-ring (bicyclic) bond motifs is 15. The molecule has 8 aliphatic rings. The summed E-state index contributed by atoms with van der Waals surface area (Å²) in [5, 5.41) is 1.47. The topological polar surface area (TPSA) is 11.4 Å². The third-order valence-corrected chi connectivity index (χ3v) is 19.8. The van der Waals surface area contributed by atoms with E-state index >= 15 is 0 Å². The van der Waals surface area contributed by atoms with Crippen molar-refractivity contribution in [3.05, 3.63) is 112 Å². The predicted molar refractivity (Wildman–Crippen MR) is 261 cm³/mol. The Morgan fingerprint density at radius 1 is 0.672 bits per heavy atom. The monoisotopic (exact) mass is 819 g/mol. The fourth-order valence-corrected chi connectivity index (χ4v) is 16.1. The zero-order valence-electron chi connectivity index (χ0n) is 38.3. The molecule has 2 saturated carbocycles. The molecular formula is C56H62BN3S. The highest BCUT2D eigenvalue weighted by Gasteiger charge is 2.63. The number of rotatable bonds is 1. The summed E-state index contributed by atoms with van der Waals surface area (Å²) in [6, 6.07) is 25.6. The molecule has 5 unspecified atom stereocenters. The van der Waals surface area contributed by atoms with Crippen molar-refractivity contribution in [3.63, 3.8) is 0 Å². The average molecular weight is 820 g/mol. The minimum Gasteiger partial charge on any atom is -0.335 e. The Balaban J connectivity index is 1.21. The van der Waals surface area contributed by atoms with Crippen molar-refractivity contribution < 1.29 is 0 Å². The fourth-order valence-electron chi connectivity index (χ4n) is 14.7. The first kappa shape index (κ1) is 37.5. The van der Waals surface area contributed by atoms with Crippen LogP contribution in [0.15, 0.2) is 88.7 Å². The van der Waals surface area contributed by atoms with Gasteiger partial charge in [0.2, 0.25) is 0 Å². The molecule has 6 heterocycles. The van der Waals surface area contributed by atoms with Crippen molar-refractivity contribution in [1.82, 2.24) is 4.57 Å². The van der Waals surface area contributed by atoms with Crippen molar-refractivity contribution in [2.24, 2.45) is 0 Å². The Morgan fingerprint density at radius 2 is 1.31 bits per heavy atom. The van der Waals surface area contributed by atoms with E-state index in [-0.39, 0.29) is 39.5 Å². The van der Waals surface area contributed by atoms with E-state index in [4.69, 9.17) is 0 Å². The molecule has 0 radical (unpaired) electrons. The lowest BCUT2D eigenvalue weighted by Crippen LogP contribution is -2.64. The molecule has 61 heavy (non-hydrogen) atoms. The largest absolute Gasteiger partial charge is 0.335 e. The normalized spacial score (nSPS) is 29.8. The molecule has 0 amide bonds. The van der Waals surface area contributed by atoms with Gasteiger partial charge in [0.05, 0.1) is 11.1 Å². The summed E-state index contributed by atoms with van der Waals surface area (Å²) in [6.07, 6.45) is 18.3. The SMILES string of the molecule is CC(C)(C)c1cc2c3c(c1)C1(C)CCCCC1(C)N3c1cc(N3c4ccccc4C4(C)CCCCC34C)cc3c1B2c1cc(C(C)(C)C)cc2c4c(n-3c12)C1CC=CC=C1S4. The van der Waals surface area contributed by atoms with Crippen LogP contribution in [0.2, 0.25) is 0 Å². The van der Waals surface area contributed by atoms with Crippen LogP contribution in [0.1, 0.15) is 161 Å². The molecule has 2 fully saturated rings. The molecule has 0 spiro atoms. The summed E-state index contributed by atoms with van der Waals surface area (Å²) >= 11 is 2.07. The lowest BCUT2D eigenvalue weighted by atomic mass is 9.33. The quantitative estimate of drug-likeness (QED) is 0.153. The molecular weight excluding hydrogens is 758 g/mol. The number of para-hydroxylation sites is 1. The van der Waals surface area contributed by atoms with Crippen LogP contribution in [0.25, 0.3) is 16.6 Å². The van der Waals surface area contributed by atoms with Crippen LogP contribution >= 0.6 is 11.8 Å². The van der Waals surface area contributed by atoms with Gasteiger partial charge in [-0.05, 0) is 125 Å². The minimum atomic E-state index is -0.0379. The highest BCUT2D eigenvalue weighted by Crippen LogP contribution is 2.65. The van der Waals surface area contributed by atoms with Gasteiger partial charge >= 0.3 is 0 Å². The van der Waals surface area contributed by atoms with E-state index in [1.807, 2.05) is 0 Å². The second-order valence-corrected chi connectivity index (χ2v) is 24.6. The van der Waals surface area contributed by atoms with Crippen molar-refractivity contribution in [2.75, 3.05) is 9.80 Å². The van der Waals surface area contributed by atoms with Gasteiger partial charge < -0.3 is 14.4 Å². The third kappa shape index (κ3) is 4.32. The first-order valence-electron chi connectivity index (χ1n) is 23.8. The van der Waals surface area contributed by atoms with Crippen LogP contribution in [0, 0.1) is 0 Å². The number of allylic oxidation sites excluding steroid dienone is 4. The van der Waals surface area contributed by atoms with Crippen LogP contribution in [-0.4, -0.2) is 22.4 Å². The lowest BCUT2D eigenvalue weighted by molar-refractivity contribution is 0.194. The van der Waals surface area contributed by atoms with Crippen LogP contribution < -0.4 is 26.2 Å². The van der Waals surface area contributed by atoms with Gasteiger partial charge in [0.1, 0.15) is 0 Å². The van der Waals surface area contributed by atoms with Crippen molar-refractivity contribution in [3.8, 4) is 5.69 Å². The second kappa shape index (κ2) is 11.5. The molecule has 0 saturated heterocycles. The van der Waals surface area contributed by atoms with E-state index < -0.39 is 0 Å². The number of benzene rings is 4. The van der Waals surface area contributed by atoms with Gasteiger partial charge in [-0.15, -0.1) is 0 Å². The Bertz CT molecular complexity index is 2900. The first-order chi connectivity index (χ1) is 29.0. The van der Waals surface area contributed by atoms with Crippen molar-refractivity contribution in [1.29, 1.82) is 0 Å². The minimum absolute atomic E-state index is 0.0144. The lowest BCUT2D eigenvalue weighted by Gasteiger charge is -2.53. The van der Waals surface area contributed by atoms with Gasteiger partial charge in [-0.1, -0.05) is 147 Å². The molecule has 5 heteroatoms. The smallest absolute Gasteiger partial charge is 0.252 e. The Morgan fingerprint density at radius 3 is 2.05 bits per heavy atom. The average Bonchev–Trinajstić information content (AvgIpc) is 3.88. The van der Waals surface area contributed by atoms with Gasteiger partial charge in [-0.3, -0.25) is 0 Å². The number of thioether (sulfide) groups is 1. The summed E-state index contributed by atoms with van der Waals surface area (Å²) in [7, 11) is 0. The maximum absolute atomic E-state index is 2.98. The standard InChI is InChI=1S/C56H62BN3S/c1-51(2,3)33-27-37-47-40(29-33)57-41-30-34(52(4,5)6)28-39-49(41)60(56(10)26-18-16-24-54(39,56)8)44-32-35(59-42-21-13-12-20-38(42)53(7)23-15-17-25-55(53,59)9)31-43(46(44)57)58(47)48-36-19-11-14-22-45(36)61-50(37)48/h11-14,20-22,27-32,36H,15-19,23-26H2,1-10H3. The summed E-state index contributed by atoms with van der Waals surface area (Å²) in [6.45, 7) is 25.3. The summed E-state index contributed by atoms with van der Waals surface area (Å²) < 4.78 is 2.85. The molecule has 13 rings (SSSR count). The van der Waals surface area contributed by atoms with E-state index in [0.29, 0.717) is 5.92 Å². The predicted octanol–water partition coefficient (Wildman–Crippen LogP) is 12.9. The van der Waals surface area contributed by atoms with E-state index in [9.17, 15) is 0 Å². The molecule has 5 aliphatic heterocycles. The summed E-state index contributed by atoms with van der Waals surface area (Å²) in [4.78, 5) is 8.86. The van der Waals surface area contributed by atoms with E-state index in [1.165, 1.54) is 123 Å². The number of nitrogens with zero attached hydrogens (tertiary/aromatic N) is 3.